The number of rotatable bonds is 6. The summed E-state index contributed by atoms with van der Waals surface area (Å²) in [5, 5.41) is 5.21. The number of carbonyl (C=O) groups excluding carboxylic acids is 1. The maximum Gasteiger partial charge on any atom is 0.243 e. The van der Waals surface area contributed by atoms with Crippen LogP contribution in [0.3, 0.4) is 0 Å². The Balaban J connectivity index is 1.36. The van der Waals surface area contributed by atoms with Crippen LogP contribution in [0.1, 0.15) is 35.1 Å². The number of methoxy groups -OCH3 is 1. The van der Waals surface area contributed by atoms with Crippen molar-refractivity contribution < 1.29 is 17.9 Å². The molecule has 0 atom stereocenters. The standard InChI is InChI=1S/C27H32N2O4S/c1-18-13-19(2)26(20(3)14-18)34(31,32)29-11-9-22(10-12-29)27(30)28-17-21-5-6-24-16-25(33-4)8-7-23(24)15-21/h5-8,13-16,22H,9-12,17H2,1-4H3,(H,28,30). The van der Waals surface area contributed by atoms with E-state index in [0.717, 1.165) is 38.8 Å². The molecule has 3 aromatic rings. The molecule has 0 unspecified atom stereocenters. The number of piperidine rings is 1. The van der Waals surface area contributed by atoms with Gasteiger partial charge in [-0.15, -0.1) is 0 Å². The molecule has 0 bridgehead atoms. The molecule has 1 aliphatic heterocycles. The van der Waals surface area contributed by atoms with Gasteiger partial charge >= 0.3 is 0 Å². The van der Waals surface area contributed by atoms with Gasteiger partial charge in [-0.2, -0.15) is 4.31 Å². The molecule has 1 heterocycles. The molecular formula is C27H32N2O4S. The number of aryl methyl sites for hydroxylation is 3. The van der Waals surface area contributed by atoms with Gasteiger partial charge in [0.15, 0.2) is 0 Å². The van der Waals surface area contributed by atoms with Crippen molar-refractivity contribution in [3.63, 3.8) is 0 Å². The first-order chi connectivity index (χ1) is 16.2. The van der Waals surface area contributed by atoms with Gasteiger partial charge in [-0.25, -0.2) is 8.42 Å². The predicted molar refractivity (Wildman–Crippen MR) is 134 cm³/mol. The van der Waals surface area contributed by atoms with Gasteiger partial charge < -0.3 is 10.1 Å². The largest absolute Gasteiger partial charge is 0.497 e. The molecular weight excluding hydrogens is 448 g/mol. The van der Waals surface area contributed by atoms with Gasteiger partial charge in [-0.05, 0) is 79.3 Å². The molecule has 1 saturated heterocycles. The lowest BCUT2D eigenvalue weighted by atomic mass is 9.97. The topological polar surface area (TPSA) is 75.7 Å². The van der Waals surface area contributed by atoms with Crippen LogP contribution in [0.15, 0.2) is 53.4 Å². The third-order valence-electron chi connectivity index (χ3n) is 6.61. The van der Waals surface area contributed by atoms with E-state index in [1.807, 2.05) is 63.2 Å². The van der Waals surface area contributed by atoms with E-state index >= 15 is 0 Å². The molecule has 1 amide bonds. The number of carbonyl (C=O) groups is 1. The SMILES string of the molecule is COc1ccc2cc(CNC(=O)C3CCN(S(=O)(=O)c4c(C)cc(C)cc4C)CC3)ccc2c1. The number of hydrogen-bond acceptors (Lipinski definition) is 4. The average Bonchev–Trinajstić information content (AvgIpc) is 2.81. The van der Waals surface area contributed by atoms with Crippen molar-refractivity contribution in [3.8, 4) is 5.75 Å². The minimum Gasteiger partial charge on any atom is -0.497 e. The summed E-state index contributed by atoms with van der Waals surface area (Å²) in [6, 6.07) is 15.8. The van der Waals surface area contributed by atoms with E-state index in [2.05, 4.69) is 11.4 Å². The highest BCUT2D eigenvalue weighted by Crippen LogP contribution is 2.29. The first-order valence-electron chi connectivity index (χ1n) is 11.6. The van der Waals surface area contributed by atoms with E-state index in [1.54, 1.807) is 7.11 Å². The Kier molecular flexibility index (Phi) is 6.96. The number of ether oxygens (including phenoxy) is 1. The summed E-state index contributed by atoms with van der Waals surface area (Å²) < 4.78 is 33.4. The number of amides is 1. The lowest BCUT2D eigenvalue weighted by Gasteiger charge is -2.31. The fourth-order valence-electron chi connectivity index (χ4n) is 4.90. The number of hydrogen-bond donors (Lipinski definition) is 1. The number of nitrogens with one attached hydrogen (secondary N) is 1. The number of fused-ring (bicyclic) bond motifs is 1. The van der Waals surface area contributed by atoms with Crippen molar-refractivity contribution in [1.29, 1.82) is 0 Å². The minimum atomic E-state index is -3.58. The third-order valence-corrected chi connectivity index (χ3v) is 8.81. The Hall–Kier alpha value is -2.90. The lowest BCUT2D eigenvalue weighted by Crippen LogP contribution is -2.43. The Morgan fingerprint density at radius 2 is 1.59 bits per heavy atom. The van der Waals surface area contributed by atoms with E-state index in [0.29, 0.717) is 37.4 Å². The summed E-state index contributed by atoms with van der Waals surface area (Å²) in [5.41, 5.74) is 3.62. The van der Waals surface area contributed by atoms with E-state index in [4.69, 9.17) is 4.74 Å². The van der Waals surface area contributed by atoms with Gasteiger partial charge in [0, 0.05) is 25.6 Å². The number of nitrogens with zero attached hydrogens (tertiary/aromatic N) is 1. The normalized spacial score (nSPS) is 15.4. The average molecular weight is 481 g/mol. The van der Waals surface area contributed by atoms with Crippen molar-refractivity contribution in [2.24, 2.45) is 5.92 Å². The zero-order chi connectivity index (χ0) is 24.5. The van der Waals surface area contributed by atoms with Gasteiger partial charge in [0.05, 0.1) is 12.0 Å². The van der Waals surface area contributed by atoms with Crippen LogP contribution in [0, 0.1) is 26.7 Å². The Morgan fingerprint density at radius 3 is 2.24 bits per heavy atom. The van der Waals surface area contributed by atoms with Crippen LogP contribution >= 0.6 is 0 Å². The van der Waals surface area contributed by atoms with E-state index < -0.39 is 10.0 Å². The van der Waals surface area contributed by atoms with E-state index in [9.17, 15) is 13.2 Å². The summed E-state index contributed by atoms with van der Waals surface area (Å²) in [6.07, 6.45) is 1.04. The van der Waals surface area contributed by atoms with Crippen LogP contribution in [0.4, 0.5) is 0 Å². The molecule has 0 spiro atoms. The Bertz CT molecular complexity index is 1300. The molecule has 1 aliphatic rings. The van der Waals surface area contributed by atoms with Crippen LogP contribution < -0.4 is 10.1 Å². The van der Waals surface area contributed by atoms with Crippen molar-refractivity contribution in [2.75, 3.05) is 20.2 Å². The minimum absolute atomic E-state index is 0.0189. The smallest absolute Gasteiger partial charge is 0.243 e. The fourth-order valence-corrected chi connectivity index (χ4v) is 6.79. The first kappa shape index (κ1) is 24.2. The molecule has 34 heavy (non-hydrogen) atoms. The summed E-state index contributed by atoms with van der Waals surface area (Å²) in [5.74, 6) is 0.612. The molecule has 1 N–H and O–H groups in total. The molecule has 1 fully saturated rings. The second kappa shape index (κ2) is 9.76. The quantitative estimate of drug-likeness (QED) is 0.564. The molecule has 0 aliphatic carbocycles. The highest BCUT2D eigenvalue weighted by Gasteiger charge is 2.33. The van der Waals surface area contributed by atoms with Gasteiger partial charge in [0.1, 0.15) is 5.75 Å². The van der Waals surface area contributed by atoms with Gasteiger partial charge in [-0.3, -0.25) is 4.79 Å². The summed E-state index contributed by atoms with van der Waals surface area (Å²) in [4.78, 5) is 13.2. The maximum absolute atomic E-state index is 13.3. The van der Waals surface area contributed by atoms with Crippen LogP contribution in [0.25, 0.3) is 10.8 Å². The highest BCUT2D eigenvalue weighted by atomic mass is 32.2. The van der Waals surface area contributed by atoms with Gasteiger partial charge in [-0.1, -0.05) is 35.9 Å². The van der Waals surface area contributed by atoms with E-state index in [-0.39, 0.29) is 11.8 Å². The lowest BCUT2D eigenvalue weighted by molar-refractivity contribution is -0.126. The van der Waals surface area contributed by atoms with Crippen molar-refractivity contribution in [1.82, 2.24) is 9.62 Å². The second-order valence-corrected chi connectivity index (χ2v) is 11.0. The zero-order valence-electron chi connectivity index (χ0n) is 20.2. The monoisotopic (exact) mass is 480 g/mol. The fraction of sp³-hybridized carbons (Fsp3) is 0.370. The van der Waals surface area contributed by atoms with Gasteiger partial charge in [0.2, 0.25) is 15.9 Å². The molecule has 0 radical (unpaired) electrons. The van der Waals surface area contributed by atoms with Crippen molar-refractivity contribution in [3.05, 3.63) is 70.8 Å². The van der Waals surface area contributed by atoms with Crippen molar-refractivity contribution >= 4 is 26.7 Å². The molecule has 7 heteroatoms. The molecule has 3 aromatic carbocycles. The van der Waals surface area contributed by atoms with Gasteiger partial charge in [0.25, 0.3) is 0 Å². The van der Waals surface area contributed by atoms with Crippen molar-refractivity contribution in [2.45, 2.75) is 45.1 Å². The third kappa shape index (κ3) is 4.95. The Labute approximate surface area is 202 Å². The highest BCUT2D eigenvalue weighted by molar-refractivity contribution is 7.89. The second-order valence-electron chi connectivity index (χ2n) is 9.17. The molecule has 6 nitrogen and oxygen atoms in total. The number of sulfonamides is 1. The summed E-state index contributed by atoms with van der Waals surface area (Å²) in [6.45, 7) is 6.80. The molecule has 0 saturated carbocycles. The molecule has 4 rings (SSSR count). The van der Waals surface area contributed by atoms with Crippen LogP contribution in [-0.4, -0.2) is 38.8 Å². The summed E-state index contributed by atoms with van der Waals surface area (Å²) in [7, 11) is -1.93. The van der Waals surface area contributed by atoms with Crippen LogP contribution in [0.5, 0.6) is 5.75 Å². The van der Waals surface area contributed by atoms with Crippen LogP contribution in [-0.2, 0) is 21.4 Å². The predicted octanol–water partition coefficient (Wildman–Crippen LogP) is 4.49. The first-order valence-corrected chi connectivity index (χ1v) is 13.1. The Morgan fingerprint density at radius 1 is 0.971 bits per heavy atom. The number of benzene rings is 3. The summed E-state index contributed by atoms with van der Waals surface area (Å²) >= 11 is 0. The van der Waals surface area contributed by atoms with Crippen LogP contribution in [0.2, 0.25) is 0 Å². The molecule has 180 valence electrons. The van der Waals surface area contributed by atoms with E-state index in [1.165, 1.54) is 4.31 Å². The maximum atomic E-state index is 13.3. The zero-order valence-corrected chi connectivity index (χ0v) is 21.0. The molecule has 0 aromatic heterocycles.